The van der Waals surface area contributed by atoms with Crippen molar-refractivity contribution < 1.29 is 33.0 Å². The SMILES string of the molecule is O=C1NC(=O)N(c2ccccc2F)C(=O)/C1=C/c1ccc(OCC(=O)N2CCOCC2)c(Br)c1. The number of nitrogens with one attached hydrogen (secondary N) is 1. The zero-order chi connectivity index (χ0) is 24.2. The molecule has 0 aliphatic carbocycles. The van der Waals surface area contributed by atoms with Gasteiger partial charge in [-0.2, -0.15) is 0 Å². The highest BCUT2D eigenvalue weighted by Crippen LogP contribution is 2.29. The van der Waals surface area contributed by atoms with Crippen LogP contribution in [0.15, 0.2) is 52.5 Å². The first-order valence-electron chi connectivity index (χ1n) is 10.3. The molecule has 0 aromatic heterocycles. The number of imide groups is 2. The minimum Gasteiger partial charge on any atom is -0.483 e. The average Bonchev–Trinajstić information content (AvgIpc) is 2.82. The lowest BCUT2D eigenvalue weighted by atomic mass is 10.1. The molecule has 2 aromatic rings. The van der Waals surface area contributed by atoms with Crippen molar-refractivity contribution in [2.24, 2.45) is 0 Å². The van der Waals surface area contributed by atoms with Crippen molar-refractivity contribution in [2.75, 3.05) is 37.8 Å². The molecule has 5 amide bonds. The second-order valence-electron chi connectivity index (χ2n) is 7.38. The van der Waals surface area contributed by atoms with E-state index in [1.807, 2.05) is 0 Å². The number of barbiturate groups is 1. The fourth-order valence-electron chi connectivity index (χ4n) is 3.44. The molecule has 0 saturated carbocycles. The van der Waals surface area contributed by atoms with Crippen LogP contribution in [0.25, 0.3) is 6.08 Å². The van der Waals surface area contributed by atoms with Crippen molar-refractivity contribution >= 4 is 51.4 Å². The van der Waals surface area contributed by atoms with Gasteiger partial charge in [-0.15, -0.1) is 0 Å². The molecule has 176 valence electrons. The maximum atomic E-state index is 14.2. The lowest BCUT2D eigenvalue weighted by molar-refractivity contribution is -0.137. The quantitative estimate of drug-likeness (QED) is 0.469. The number of halogens is 2. The molecule has 2 saturated heterocycles. The number of anilines is 1. The summed E-state index contributed by atoms with van der Waals surface area (Å²) in [6, 6.07) is 8.97. The molecule has 0 spiro atoms. The normalized spacial score (nSPS) is 17.7. The Bertz CT molecular complexity index is 1190. The largest absolute Gasteiger partial charge is 0.483 e. The van der Waals surface area contributed by atoms with Gasteiger partial charge in [-0.25, -0.2) is 14.1 Å². The Morgan fingerprint density at radius 2 is 1.88 bits per heavy atom. The summed E-state index contributed by atoms with van der Waals surface area (Å²) in [6.07, 6.45) is 1.28. The molecule has 34 heavy (non-hydrogen) atoms. The minimum absolute atomic E-state index is 0.153. The molecule has 2 heterocycles. The highest BCUT2D eigenvalue weighted by molar-refractivity contribution is 9.10. The molecule has 2 aliphatic heterocycles. The predicted molar refractivity (Wildman–Crippen MR) is 122 cm³/mol. The first kappa shape index (κ1) is 23.6. The van der Waals surface area contributed by atoms with Gasteiger partial charge in [0.1, 0.15) is 17.1 Å². The maximum absolute atomic E-state index is 14.2. The Labute approximate surface area is 202 Å². The molecule has 2 fully saturated rings. The number of ether oxygens (including phenoxy) is 2. The zero-order valence-electron chi connectivity index (χ0n) is 17.8. The van der Waals surface area contributed by atoms with Gasteiger partial charge in [0.2, 0.25) is 0 Å². The topological polar surface area (TPSA) is 105 Å². The monoisotopic (exact) mass is 531 g/mol. The Morgan fingerprint density at radius 3 is 2.59 bits per heavy atom. The lowest BCUT2D eigenvalue weighted by Gasteiger charge is -2.27. The molecular formula is C23H19BrFN3O6. The smallest absolute Gasteiger partial charge is 0.336 e. The summed E-state index contributed by atoms with van der Waals surface area (Å²) in [7, 11) is 0. The van der Waals surface area contributed by atoms with Gasteiger partial charge >= 0.3 is 6.03 Å². The summed E-state index contributed by atoms with van der Waals surface area (Å²) in [6.45, 7) is 1.85. The molecule has 0 radical (unpaired) electrons. The third-order valence-electron chi connectivity index (χ3n) is 5.18. The zero-order valence-corrected chi connectivity index (χ0v) is 19.3. The molecule has 2 aromatic carbocycles. The molecule has 0 bridgehead atoms. The maximum Gasteiger partial charge on any atom is 0.336 e. The van der Waals surface area contributed by atoms with E-state index in [1.165, 1.54) is 24.3 Å². The van der Waals surface area contributed by atoms with Crippen LogP contribution < -0.4 is 15.0 Å². The number of amides is 5. The Hall–Kier alpha value is -3.57. The van der Waals surface area contributed by atoms with Crippen molar-refractivity contribution in [1.82, 2.24) is 10.2 Å². The van der Waals surface area contributed by atoms with E-state index in [4.69, 9.17) is 9.47 Å². The van der Waals surface area contributed by atoms with Crippen LogP contribution in [0.3, 0.4) is 0 Å². The molecule has 2 aliphatic rings. The van der Waals surface area contributed by atoms with Crippen molar-refractivity contribution in [3.63, 3.8) is 0 Å². The first-order chi connectivity index (χ1) is 16.3. The highest BCUT2D eigenvalue weighted by Gasteiger charge is 2.38. The minimum atomic E-state index is -1.04. The summed E-state index contributed by atoms with van der Waals surface area (Å²) in [5.41, 5.74) is -0.163. The number of hydrogen-bond donors (Lipinski definition) is 1. The summed E-state index contributed by atoms with van der Waals surface area (Å²) in [5.74, 6) is -2.40. The molecule has 9 nitrogen and oxygen atoms in total. The number of carbonyl (C=O) groups excluding carboxylic acids is 4. The van der Waals surface area contributed by atoms with Crippen molar-refractivity contribution in [3.05, 3.63) is 63.9 Å². The first-order valence-corrected chi connectivity index (χ1v) is 11.1. The number of nitrogens with zero attached hydrogens (tertiary/aromatic N) is 2. The van der Waals surface area contributed by atoms with Crippen LogP contribution in [-0.4, -0.2) is 61.6 Å². The number of urea groups is 1. The molecule has 11 heteroatoms. The summed E-state index contributed by atoms with van der Waals surface area (Å²) >= 11 is 3.36. The van der Waals surface area contributed by atoms with Crippen molar-refractivity contribution in [3.8, 4) is 5.75 Å². The number of rotatable bonds is 5. The van der Waals surface area contributed by atoms with Gasteiger partial charge in [-0.05, 0) is 51.8 Å². The van der Waals surface area contributed by atoms with Gasteiger partial charge in [0.15, 0.2) is 6.61 Å². The number of benzene rings is 2. The molecule has 1 N–H and O–H groups in total. The van der Waals surface area contributed by atoms with E-state index in [-0.39, 0.29) is 23.8 Å². The summed E-state index contributed by atoms with van der Waals surface area (Å²) < 4.78 is 25.5. The molecular weight excluding hydrogens is 513 g/mol. The Balaban J connectivity index is 1.51. The van der Waals surface area contributed by atoms with E-state index in [2.05, 4.69) is 21.2 Å². The number of morpholine rings is 1. The molecule has 0 unspecified atom stereocenters. The van der Waals surface area contributed by atoms with E-state index < -0.39 is 23.7 Å². The highest BCUT2D eigenvalue weighted by atomic mass is 79.9. The second kappa shape index (κ2) is 10.1. The van der Waals surface area contributed by atoms with Crippen molar-refractivity contribution in [1.29, 1.82) is 0 Å². The number of para-hydroxylation sites is 1. The van der Waals surface area contributed by atoms with Crippen LogP contribution in [0.5, 0.6) is 5.75 Å². The third-order valence-corrected chi connectivity index (χ3v) is 5.80. The van der Waals surface area contributed by atoms with Crippen LogP contribution in [0.1, 0.15) is 5.56 Å². The average molecular weight is 532 g/mol. The standard InChI is InChI=1S/C23H19BrFN3O6/c24-16-12-14(5-6-19(16)34-13-20(29)27-7-9-33-10-8-27)11-15-21(30)26-23(32)28(22(15)31)18-4-2-1-3-17(18)25/h1-6,11-12H,7-10,13H2,(H,26,30,32)/b15-11+. The van der Waals surface area contributed by atoms with Crippen LogP contribution in [0.4, 0.5) is 14.9 Å². The van der Waals surface area contributed by atoms with Crippen LogP contribution in [0, 0.1) is 5.82 Å². The fraction of sp³-hybridized carbons (Fsp3) is 0.217. The van der Waals surface area contributed by atoms with Gasteiger partial charge in [0.25, 0.3) is 17.7 Å². The van der Waals surface area contributed by atoms with Gasteiger partial charge in [0, 0.05) is 13.1 Å². The number of carbonyl (C=O) groups is 4. The van der Waals surface area contributed by atoms with E-state index in [1.54, 1.807) is 23.1 Å². The van der Waals surface area contributed by atoms with Gasteiger partial charge in [-0.3, -0.25) is 19.7 Å². The lowest BCUT2D eigenvalue weighted by Crippen LogP contribution is -2.54. The van der Waals surface area contributed by atoms with E-state index in [0.29, 0.717) is 47.0 Å². The third kappa shape index (κ3) is 5.00. The van der Waals surface area contributed by atoms with E-state index in [0.717, 1.165) is 6.07 Å². The molecule has 4 rings (SSSR count). The van der Waals surface area contributed by atoms with Gasteiger partial charge in [0.05, 0.1) is 23.4 Å². The summed E-state index contributed by atoms with van der Waals surface area (Å²) in [5, 5.41) is 2.05. The van der Waals surface area contributed by atoms with Crippen molar-refractivity contribution in [2.45, 2.75) is 0 Å². The van der Waals surface area contributed by atoms with E-state index >= 15 is 0 Å². The summed E-state index contributed by atoms with van der Waals surface area (Å²) in [4.78, 5) is 52.0. The Kier molecular flexibility index (Phi) is 7.03. The molecule has 0 atom stereocenters. The van der Waals surface area contributed by atoms with Crippen LogP contribution >= 0.6 is 15.9 Å². The van der Waals surface area contributed by atoms with Gasteiger partial charge < -0.3 is 14.4 Å². The van der Waals surface area contributed by atoms with Crippen LogP contribution in [0.2, 0.25) is 0 Å². The Morgan fingerprint density at radius 1 is 1.15 bits per heavy atom. The van der Waals surface area contributed by atoms with E-state index in [9.17, 15) is 23.6 Å². The van der Waals surface area contributed by atoms with Gasteiger partial charge in [-0.1, -0.05) is 18.2 Å². The fourth-order valence-corrected chi connectivity index (χ4v) is 3.95. The second-order valence-corrected chi connectivity index (χ2v) is 8.24. The van der Waals surface area contributed by atoms with Crippen LogP contribution in [-0.2, 0) is 19.1 Å². The predicted octanol–water partition coefficient (Wildman–Crippen LogP) is 2.49. The number of hydrogen-bond acceptors (Lipinski definition) is 6.